The van der Waals surface area contributed by atoms with Gasteiger partial charge in [0.25, 0.3) is 0 Å². The second-order valence-electron chi connectivity index (χ2n) is 8.85. The Balaban J connectivity index is 1.32. The van der Waals surface area contributed by atoms with Crippen LogP contribution in [0.4, 0.5) is 8.78 Å². The molecule has 1 heterocycles. The molecule has 1 aromatic heterocycles. The molecule has 1 fully saturated rings. The Morgan fingerprint density at radius 3 is 2.16 bits per heavy atom. The molecule has 31 heavy (non-hydrogen) atoms. The predicted octanol–water partition coefficient (Wildman–Crippen LogP) is 5.59. The highest BCUT2D eigenvalue weighted by molar-refractivity contribution is 5.21. The van der Waals surface area contributed by atoms with Gasteiger partial charge in [-0.2, -0.15) is 4.98 Å². The zero-order valence-electron chi connectivity index (χ0n) is 18.1. The van der Waals surface area contributed by atoms with Gasteiger partial charge in [0.15, 0.2) is 5.82 Å². The van der Waals surface area contributed by atoms with Gasteiger partial charge in [-0.25, -0.2) is 8.78 Å². The molecule has 1 aliphatic rings. The first-order chi connectivity index (χ1) is 15.0. The van der Waals surface area contributed by atoms with Gasteiger partial charge in [-0.15, -0.1) is 0 Å². The van der Waals surface area contributed by atoms with Crippen molar-refractivity contribution in [2.45, 2.75) is 44.6 Å². The molecule has 1 aliphatic carbocycles. The average Bonchev–Trinajstić information content (AvgIpc) is 3.19. The van der Waals surface area contributed by atoms with Gasteiger partial charge in [-0.3, -0.25) is 0 Å². The number of aromatic nitrogens is 2. The molecule has 3 aromatic rings. The van der Waals surface area contributed by atoms with Gasteiger partial charge in [0, 0.05) is 18.9 Å². The summed E-state index contributed by atoms with van der Waals surface area (Å²) in [5, 5.41) is 4.10. The summed E-state index contributed by atoms with van der Waals surface area (Å²) in [7, 11) is 4.20. The van der Waals surface area contributed by atoms with E-state index >= 15 is 0 Å². The van der Waals surface area contributed by atoms with Gasteiger partial charge in [0.1, 0.15) is 11.6 Å². The predicted molar refractivity (Wildman–Crippen MR) is 115 cm³/mol. The summed E-state index contributed by atoms with van der Waals surface area (Å²) in [5.41, 5.74) is 2.14. The Kier molecular flexibility index (Phi) is 6.76. The second-order valence-corrected chi connectivity index (χ2v) is 8.85. The highest BCUT2D eigenvalue weighted by atomic mass is 19.1. The van der Waals surface area contributed by atoms with Crippen LogP contribution >= 0.6 is 0 Å². The minimum absolute atomic E-state index is 0.191. The Labute approximate surface area is 182 Å². The molecular formula is C25H29F2N3O. The number of rotatable bonds is 7. The Bertz CT molecular complexity index is 961. The van der Waals surface area contributed by atoms with Crippen LogP contribution in [0.5, 0.6) is 0 Å². The summed E-state index contributed by atoms with van der Waals surface area (Å²) in [6.07, 6.45) is 5.83. The molecule has 1 atom stereocenters. The maximum Gasteiger partial charge on any atom is 0.226 e. The number of halogens is 2. The van der Waals surface area contributed by atoms with Gasteiger partial charge in [-0.05, 0) is 87.0 Å². The average molecular weight is 426 g/mol. The van der Waals surface area contributed by atoms with Crippen molar-refractivity contribution >= 4 is 0 Å². The van der Waals surface area contributed by atoms with Gasteiger partial charge in [-0.1, -0.05) is 29.4 Å². The van der Waals surface area contributed by atoms with Gasteiger partial charge < -0.3 is 9.42 Å². The summed E-state index contributed by atoms with van der Waals surface area (Å²) in [5.74, 6) is 1.97. The highest BCUT2D eigenvalue weighted by Gasteiger charge is 2.30. The molecule has 2 aromatic carbocycles. The van der Waals surface area contributed by atoms with Crippen LogP contribution < -0.4 is 0 Å². The molecule has 4 nitrogen and oxygen atoms in total. The monoisotopic (exact) mass is 425 g/mol. The number of benzene rings is 2. The zero-order chi connectivity index (χ0) is 21.8. The van der Waals surface area contributed by atoms with Crippen molar-refractivity contribution in [3.05, 3.63) is 83.0 Å². The third-order valence-corrected chi connectivity index (χ3v) is 6.35. The summed E-state index contributed by atoms with van der Waals surface area (Å²) in [6.45, 7) is 0. The zero-order valence-corrected chi connectivity index (χ0v) is 18.1. The number of hydrogen-bond donors (Lipinski definition) is 0. The van der Waals surface area contributed by atoms with E-state index in [0.717, 1.165) is 37.7 Å². The molecular weight excluding hydrogens is 396 g/mol. The van der Waals surface area contributed by atoms with E-state index in [1.165, 1.54) is 17.7 Å². The van der Waals surface area contributed by atoms with Crippen LogP contribution in [0, 0.1) is 23.5 Å². The molecule has 0 radical (unpaired) electrons. The fourth-order valence-corrected chi connectivity index (χ4v) is 4.84. The van der Waals surface area contributed by atoms with E-state index in [0.29, 0.717) is 36.0 Å². The van der Waals surface area contributed by atoms with E-state index in [1.807, 2.05) is 12.1 Å². The number of hydrogen-bond acceptors (Lipinski definition) is 4. The molecule has 0 aliphatic heterocycles. The molecule has 0 N–H and O–H groups in total. The summed E-state index contributed by atoms with van der Waals surface area (Å²) >= 11 is 0. The summed E-state index contributed by atoms with van der Waals surface area (Å²) in [4.78, 5) is 6.79. The van der Waals surface area contributed by atoms with E-state index < -0.39 is 0 Å². The molecule has 0 spiro atoms. The topological polar surface area (TPSA) is 42.2 Å². The molecule has 4 rings (SSSR count). The first kappa shape index (κ1) is 21.6. The standard InChI is InChI=1S/C25H29F2N3O/c1-30(2)25(20-9-13-22(27)14-10-20)19-7-3-18(4-8-19)16-24-28-23(29-31-24)15-17-5-11-21(26)12-6-17/h5-6,9-14,18-19,25H,3-4,7-8,15-16H2,1-2H3. The van der Waals surface area contributed by atoms with Gasteiger partial charge in [0.05, 0.1) is 0 Å². The SMILES string of the molecule is CN(C)C(c1ccc(F)cc1)C1CCC(Cc2nc(Cc3ccc(F)cc3)no2)CC1. The molecule has 0 amide bonds. The molecule has 1 unspecified atom stereocenters. The quantitative estimate of drug-likeness (QED) is 0.495. The fourth-order valence-electron chi connectivity index (χ4n) is 4.84. The van der Waals surface area contributed by atoms with Crippen LogP contribution in [0.2, 0.25) is 0 Å². The van der Waals surface area contributed by atoms with E-state index in [-0.39, 0.29) is 11.6 Å². The molecule has 1 saturated carbocycles. The lowest BCUT2D eigenvalue weighted by atomic mass is 9.75. The molecule has 0 bridgehead atoms. The Hall–Kier alpha value is -2.60. The summed E-state index contributed by atoms with van der Waals surface area (Å²) < 4.78 is 31.9. The van der Waals surface area contributed by atoms with E-state index in [9.17, 15) is 8.78 Å². The van der Waals surface area contributed by atoms with E-state index in [2.05, 4.69) is 29.1 Å². The van der Waals surface area contributed by atoms with Crippen LogP contribution in [-0.2, 0) is 12.8 Å². The minimum atomic E-state index is -0.246. The van der Waals surface area contributed by atoms with Crippen LogP contribution in [-0.4, -0.2) is 29.1 Å². The van der Waals surface area contributed by atoms with Gasteiger partial charge in [0.2, 0.25) is 5.89 Å². The van der Waals surface area contributed by atoms with Crippen molar-refractivity contribution < 1.29 is 13.3 Å². The lowest BCUT2D eigenvalue weighted by Crippen LogP contribution is -2.30. The summed E-state index contributed by atoms with van der Waals surface area (Å²) in [6, 6.07) is 13.6. The number of nitrogens with zero attached hydrogens (tertiary/aromatic N) is 3. The molecule has 6 heteroatoms. The van der Waals surface area contributed by atoms with Crippen LogP contribution in [0.3, 0.4) is 0 Å². The van der Waals surface area contributed by atoms with Crippen LogP contribution in [0.1, 0.15) is 54.6 Å². The minimum Gasteiger partial charge on any atom is -0.339 e. The lowest BCUT2D eigenvalue weighted by molar-refractivity contribution is 0.146. The van der Waals surface area contributed by atoms with E-state index in [1.54, 1.807) is 24.3 Å². The van der Waals surface area contributed by atoms with Crippen molar-refractivity contribution in [1.82, 2.24) is 15.0 Å². The highest BCUT2D eigenvalue weighted by Crippen LogP contribution is 2.40. The first-order valence-corrected chi connectivity index (χ1v) is 11.0. The second kappa shape index (κ2) is 9.69. The maximum atomic E-state index is 13.3. The molecule has 164 valence electrons. The smallest absolute Gasteiger partial charge is 0.226 e. The Morgan fingerprint density at radius 2 is 1.55 bits per heavy atom. The third kappa shape index (κ3) is 5.56. The van der Waals surface area contributed by atoms with Crippen LogP contribution in [0.15, 0.2) is 53.1 Å². The molecule has 0 saturated heterocycles. The largest absolute Gasteiger partial charge is 0.339 e. The lowest BCUT2D eigenvalue weighted by Gasteiger charge is -2.37. The normalized spacial score (nSPS) is 20.2. The van der Waals surface area contributed by atoms with Crippen molar-refractivity contribution in [2.75, 3.05) is 14.1 Å². The van der Waals surface area contributed by atoms with E-state index in [4.69, 9.17) is 4.52 Å². The maximum absolute atomic E-state index is 13.3. The van der Waals surface area contributed by atoms with Crippen molar-refractivity contribution in [1.29, 1.82) is 0 Å². The van der Waals surface area contributed by atoms with Crippen LogP contribution in [0.25, 0.3) is 0 Å². The van der Waals surface area contributed by atoms with Crippen molar-refractivity contribution in [2.24, 2.45) is 11.8 Å². The van der Waals surface area contributed by atoms with Crippen molar-refractivity contribution in [3.8, 4) is 0 Å². The third-order valence-electron chi connectivity index (χ3n) is 6.35. The Morgan fingerprint density at radius 1 is 0.935 bits per heavy atom. The first-order valence-electron chi connectivity index (χ1n) is 11.0. The van der Waals surface area contributed by atoms with Gasteiger partial charge >= 0.3 is 0 Å². The van der Waals surface area contributed by atoms with Crippen molar-refractivity contribution in [3.63, 3.8) is 0 Å². The fraction of sp³-hybridized carbons (Fsp3) is 0.440.